The first-order valence-electron chi connectivity index (χ1n) is 9.15. The van der Waals surface area contributed by atoms with Crippen LogP contribution in [0.2, 0.25) is 0 Å². The second-order valence-corrected chi connectivity index (χ2v) is 6.89. The van der Waals surface area contributed by atoms with Crippen molar-refractivity contribution in [3.8, 4) is 5.69 Å². The van der Waals surface area contributed by atoms with E-state index in [1.807, 2.05) is 48.9 Å². The standard InChI is InChI=1S/C20H23N5O2/c1-13(15-3-5-17(6-4-15)25-9-8-21-14(25)2)23-20(26)18-11-22-24-19(18)16-7-10-27-12-16/h3-6,8-9,11,13,16H,7,10,12H2,1-2H3,(H,22,24)(H,23,26). The zero-order valence-electron chi connectivity index (χ0n) is 15.5. The van der Waals surface area contributed by atoms with E-state index in [0.717, 1.165) is 35.8 Å². The lowest BCUT2D eigenvalue weighted by molar-refractivity contribution is 0.0938. The smallest absolute Gasteiger partial charge is 0.255 e. The average Bonchev–Trinajstić information content (AvgIpc) is 3.42. The highest BCUT2D eigenvalue weighted by Crippen LogP contribution is 2.26. The van der Waals surface area contributed by atoms with Crippen LogP contribution in [0.3, 0.4) is 0 Å². The molecule has 1 fully saturated rings. The lowest BCUT2D eigenvalue weighted by atomic mass is 10.0. The van der Waals surface area contributed by atoms with E-state index in [-0.39, 0.29) is 17.9 Å². The number of aromatic amines is 1. The summed E-state index contributed by atoms with van der Waals surface area (Å²) in [5.74, 6) is 1.03. The molecule has 1 amide bonds. The summed E-state index contributed by atoms with van der Waals surface area (Å²) in [5, 5.41) is 10.1. The number of hydrogen-bond acceptors (Lipinski definition) is 4. The second kappa shape index (κ2) is 7.36. The Morgan fingerprint density at radius 3 is 2.85 bits per heavy atom. The van der Waals surface area contributed by atoms with Gasteiger partial charge in [0.25, 0.3) is 5.91 Å². The highest BCUT2D eigenvalue weighted by atomic mass is 16.5. The second-order valence-electron chi connectivity index (χ2n) is 6.89. The van der Waals surface area contributed by atoms with E-state index in [2.05, 4.69) is 20.5 Å². The zero-order valence-corrected chi connectivity index (χ0v) is 15.5. The first-order valence-corrected chi connectivity index (χ1v) is 9.15. The average molecular weight is 365 g/mol. The number of nitrogens with zero attached hydrogens (tertiary/aromatic N) is 3. The van der Waals surface area contributed by atoms with Gasteiger partial charge in [-0.3, -0.25) is 9.89 Å². The van der Waals surface area contributed by atoms with Crippen molar-refractivity contribution in [2.45, 2.75) is 32.2 Å². The quantitative estimate of drug-likeness (QED) is 0.728. The first kappa shape index (κ1) is 17.5. The van der Waals surface area contributed by atoms with E-state index in [4.69, 9.17) is 4.74 Å². The molecule has 140 valence electrons. The predicted octanol–water partition coefficient (Wildman–Crippen LogP) is 2.90. The van der Waals surface area contributed by atoms with Crippen LogP contribution in [0, 0.1) is 6.92 Å². The van der Waals surface area contributed by atoms with Crippen molar-refractivity contribution in [3.05, 3.63) is 65.5 Å². The molecule has 0 saturated carbocycles. The molecular formula is C20H23N5O2. The number of carbonyl (C=O) groups excluding carboxylic acids is 1. The van der Waals surface area contributed by atoms with Gasteiger partial charge in [0.2, 0.25) is 0 Å². The minimum absolute atomic E-state index is 0.113. The largest absolute Gasteiger partial charge is 0.381 e. The van der Waals surface area contributed by atoms with Crippen LogP contribution in [-0.2, 0) is 4.74 Å². The van der Waals surface area contributed by atoms with Gasteiger partial charge in [-0.2, -0.15) is 5.10 Å². The van der Waals surface area contributed by atoms with Crippen LogP contribution in [-0.4, -0.2) is 38.9 Å². The monoisotopic (exact) mass is 365 g/mol. The van der Waals surface area contributed by atoms with Crippen molar-refractivity contribution >= 4 is 5.91 Å². The Bertz CT molecular complexity index is 922. The Hall–Kier alpha value is -2.93. The van der Waals surface area contributed by atoms with Crippen LogP contribution >= 0.6 is 0 Å². The Balaban J connectivity index is 1.46. The number of aromatic nitrogens is 4. The van der Waals surface area contributed by atoms with Crippen LogP contribution in [0.4, 0.5) is 0 Å². The summed E-state index contributed by atoms with van der Waals surface area (Å²) < 4.78 is 7.45. The van der Waals surface area contributed by atoms with Crippen LogP contribution < -0.4 is 5.32 Å². The molecule has 3 heterocycles. The number of imidazole rings is 1. The normalized spacial score (nSPS) is 17.8. The summed E-state index contributed by atoms with van der Waals surface area (Å²) in [5.41, 5.74) is 3.55. The van der Waals surface area contributed by atoms with E-state index in [9.17, 15) is 4.79 Å². The molecule has 4 rings (SSSR count). The summed E-state index contributed by atoms with van der Waals surface area (Å²) in [6.07, 6.45) is 6.22. The number of rotatable bonds is 5. The molecule has 0 bridgehead atoms. The predicted molar refractivity (Wildman–Crippen MR) is 101 cm³/mol. The van der Waals surface area contributed by atoms with Crippen molar-refractivity contribution in [3.63, 3.8) is 0 Å². The van der Waals surface area contributed by atoms with E-state index >= 15 is 0 Å². The first-order chi connectivity index (χ1) is 13.1. The van der Waals surface area contributed by atoms with E-state index in [1.165, 1.54) is 0 Å². The maximum atomic E-state index is 12.7. The number of carbonyl (C=O) groups is 1. The molecule has 0 aliphatic carbocycles. The molecule has 1 aliphatic rings. The Labute approximate surface area is 157 Å². The van der Waals surface area contributed by atoms with Gasteiger partial charge in [-0.1, -0.05) is 12.1 Å². The van der Waals surface area contributed by atoms with Gasteiger partial charge in [-0.05, 0) is 38.0 Å². The minimum atomic E-state index is -0.118. The molecule has 2 atom stereocenters. The number of ether oxygens (including phenoxy) is 1. The number of H-pyrrole nitrogens is 1. The van der Waals surface area contributed by atoms with E-state index in [0.29, 0.717) is 12.2 Å². The molecule has 1 aliphatic heterocycles. The third-order valence-corrected chi connectivity index (χ3v) is 5.10. The SMILES string of the molecule is Cc1nccn1-c1ccc(C(C)NC(=O)c2cn[nH]c2C2CCOC2)cc1. The highest BCUT2D eigenvalue weighted by Gasteiger charge is 2.25. The van der Waals surface area contributed by atoms with Crippen molar-refractivity contribution in [1.29, 1.82) is 0 Å². The molecule has 7 heteroatoms. The number of nitrogens with one attached hydrogen (secondary N) is 2. The van der Waals surface area contributed by atoms with Gasteiger partial charge < -0.3 is 14.6 Å². The summed E-state index contributed by atoms with van der Waals surface area (Å²) in [6, 6.07) is 8.01. The Morgan fingerprint density at radius 1 is 1.37 bits per heavy atom. The van der Waals surface area contributed by atoms with Crippen LogP contribution in [0.1, 0.15) is 52.7 Å². The van der Waals surface area contributed by atoms with Gasteiger partial charge in [0.15, 0.2) is 0 Å². The van der Waals surface area contributed by atoms with Gasteiger partial charge in [0.1, 0.15) is 5.82 Å². The molecule has 2 N–H and O–H groups in total. The van der Waals surface area contributed by atoms with Gasteiger partial charge >= 0.3 is 0 Å². The molecule has 3 aromatic rings. The third kappa shape index (κ3) is 3.50. The summed E-state index contributed by atoms with van der Waals surface area (Å²) in [4.78, 5) is 17.0. The minimum Gasteiger partial charge on any atom is -0.381 e. The maximum absolute atomic E-state index is 12.7. The summed E-state index contributed by atoms with van der Waals surface area (Å²) in [7, 11) is 0. The molecule has 7 nitrogen and oxygen atoms in total. The van der Waals surface area contributed by atoms with Crippen molar-refractivity contribution in [1.82, 2.24) is 25.1 Å². The fourth-order valence-corrected chi connectivity index (χ4v) is 3.48. The van der Waals surface area contributed by atoms with Crippen molar-refractivity contribution < 1.29 is 9.53 Å². The topological polar surface area (TPSA) is 84.8 Å². The fourth-order valence-electron chi connectivity index (χ4n) is 3.48. The zero-order chi connectivity index (χ0) is 18.8. The third-order valence-electron chi connectivity index (χ3n) is 5.10. The lowest BCUT2D eigenvalue weighted by Gasteiger charge is -2.16. The van der Waals surface area contributed by atoms with Gasteiger partial charge in [-0.15, -0.1) is 0 Å². The van der Waals surface area contributed by atoms with E-state index < -0.39 is 0 Å². The number of benzene rings is 1. The maximum Gasteiger partial charge on any atom is 0.255 e. The molecule has 0 radical (unpaired) electrons. The molecule has 0 spiro atoms. The van der Waals surface area contributed by atoms with Crippen molar-refractivity contribution in [2.75, 3.05) is 13.2 Å². The molecule has 2 aromatic heterocycles. The molecule has 27 heavy (non-hydrogen) atoms. The number of amides is 1. The number of hydrogen-bond donors (Lipinski definition) is 2. The molecule has 1 aromatic carbocycles. The van der Waals surface area contributed by atoms with E-state index in [1.54, 1.807) is 12.4 Å². The summed E-state index contributed by atoms with van der Waals surface area (Å²) >= 11 is 0. The van der Waals surface area contributed by atoms with Gasteiger partial charge in [-0.25, -0.2) is 4.98 Å². The van der Waals surface area contributed by atoms with Crippen LogP contribution in [0.15, 0.2) is 42.9 Å². The molecule has 1 saturated heterocycles. The Morgan fingerprint density at radius 2 is 2.19 bits per heavy atom. The van der Waals surface area contributed by atoms with Gasteiger partial charge in [0, 0.05) is 30.6 Å². The van der Waals surface area contributed by atoms with Crippen LogP contribution in [0.5, 0.6) is 0 Å². The highest BCUT2D eigenvalue weighted by molar-refractivity contribution is 5.95. The lowest BCUT2D eigenvalue weighted by Crippen LogP contribution is -2.27. The number of aryl methyl sites for hydroxylation is 1. The van der Waals surface area contributed by atoms with Crippen molar-refractivity contribution in [2.24, 2.45) is 0 Å². The van der Waals surface area contributed by atoms with Crippen LogP contribution in [0.25, 0.3) is 5.69 Å². The Kier molecular flexibility index (Phi) is 4.77. The molecule has 2 unspecified atom stereocenters. The molecular weight excluding hydrogens is 342 g/mol. The summed E-state index contributed by atoms with van der Waals surface area (Å²) in [6.45, 7) is 5.31. The fraction of sp³-hybridized carbons (Fsp3) is 0.350. The van der Waals surface area contributed by atoms with Gasteiger partial charge in [0.05, 0.1) is 30.1 Å².